The lowest BCUT2D eigenvalue weighted by atomic mass is 10.2. The number of nitrogens with zero attached hydrogens (tertiary/aromatic N) is 1. The molecule has 2 heteroatoms. The number of hydrogen-bond donors (Lipinski definition) is 1. The highest BCUT2D eigenvalue weighted by Gasteiger charge is 1.83. The van der Waals surface area contributed by atoms with Gasteiger partial charge < -0.3 is 5.73 Å². The maximum absolute atomic E-state index is 5.06. The van der Waals surface area contributed by atoms with Gasteiger partial charge in [0.15, 0.2) is 0 Å². The molecule has 2 N–H and O–H groups in total. The van der Waals surface area contributed by atoms with E-state index in [1.54, 1.807) is 0 Å². The second-order valence-corrected chi connectivity index (χ2v) is 2.33. The zero-order valence-electron chi connectivity index (χ0n) is 6.88. The first-order valence-corrected chi connectivity index (χ1v) is 3.38. The SMILES string of the molecule is C=C(C)/C=C\C(=C)CN=CN. The Kier molecular flexibility index (Phi) is 4.82. The first kappa shape index (κ1) is 9.69. The van der Waals surface area contributed by atoms with Gasteiger partial charge in [-0.3, -0.25) is 4.99 Å². The smallest absolute Gasteiger partial charge is 0.0801 e. The minimum Gasteiger partial charge on any atom is -0.390 e. The van der Waals surface area contributed by atoms with Crippen molar-refractivity contribution in [1.82, 2.24) is 0 Å². The molecule has 0 aromatic carbocycles. The van der Waals surface area contributed by atoms with Gasteiger partial charge in [-0.05, 0) is 12.5 Å². The Morgan fingerprint density at radius 1 is 1.45 bits per heavy atom. The van der Waals surface area contributed by atoms with Crippen molar-refractivity contribution in [2.45, 2.75) is 6.92 Å². The Bertz CT molecular complexity index is 200. The van der Waals surface area contributed by atoms with Crippen molar-refractivity contribution in [3.63, 3.8) is 0 Å². The molecule has 0 aliphatic carbocycles. The quantitative estimate of drug-likeness (QED) is 0.369. The van der Waals surface area contributed by atoms with E-state index in [9.17, 15) is 0 Å². The van der Waals surface area contributed by atoms with Gasteiger partial charge in [0.2, 0.25) is 0 Å². The maximum Gasteiger partial charge on any atom is 0.0801 e. The molecule has 0 aromatic rings. The summed E-state index contributed by atoms with van der Waals surface area (Å²) in [5, 5.41) is 0. The van der Waals surface area contributed by atoms with Crippen LogP contribution in [-0.4, -0.2) is 12.9 Å². The van der Waals surface area contributed by atoms with Gasteiger partial charge in [0.1, 0.15) is 0 Å². The van der Waals surface area contributed by atoms with Crippen LogP contribution in [0.4, 0.5) is 0 Å². The van der Waals surface area contributed by atoms with Gasteiger partial charge in [-0.25, -0.2) is 0 Å². The van der Waals surface area contributed by atoms with E-state index in [0.29, 0.717) is 6.54 Å². The molecule has 0 aromatic heterocycles. The minimum atomic E-state index is 0.556. The Morgan fingerprint density at radius 3 is 2.55 bits per heavy atom. The summed E-state index contributed by atoms with van der Waals surface area (Å²) in [4.78, 5) is 3.82. The third kappa shape index (κ3) is 6.58. The van der Waals surface area contributed by atoms with Crippen LogP contribution in [0.2, 0.25) is 0 Å². The standard InChI is InChI=1S/C9H14N2/c1-8(2)4-5-9(3)6-11-7-10/h4-5,7H,1,3,6H2,2H3,(H2,10,11)/b5-4-. The summed E-state index contributed by atoms with van der Waals surface area (Å²) < 4.78 is 0. The van der Waals surface area contributed by atoms with Gasteiger partial charge in [0, 0.05) is 0 Å². The molecule has 0 aliphatic heterocycles. The number of nitrogens with two attached hydrogens (primary N) is 1. The molecule has 0 rings (SSSR count). The zero-order valence-corrected chi connectivity index (χ0v) is 6.88. The average Bonchev–Trinajstić information content (AvgIpc) is 1.97. The van der Waals surface area contributed by atoms with Crippen molar-refractivity contribution in [3.05, 3.63) is 36.5 Å². The molecule has 0 aliphatic rings. The number of allylic oxidation sites excluding steroid dienone is 2. The summed E-state index contributed by atoms with van der Waals surface area (Å²) in [5.41, 5.74) is 6.99. The Morgan fingerprint density at radius 2 is 2.09 bits per heavy atom. The molecule has 0 unspecified atom stereocenters. The van der Waals surface area contributed by atoms with Crippen molar-refractivity contribution in [2.24, 2.45) is 10.7 Å². The van der Waals surface area contributed by atoms with Gasteiger partial charge in [0.25, 0.3) is 0 Å². The maximum atomic E-state index is 5.06. The number of aliphatic imine (C=N–C) groups is 1. The van der Waals surface area contributed by atoms with Gasteiger partial charge in [-0.1, -0.05) is 30.9 Å². The van der Waals surface area contributed by atoms with Crippen LogP contribution in [0.15, 0.2) is 41.4 Å². The normalized spacial score (nSPS) is 11.0. The monoisotopic (exact) mass is 150 g/mol. The summed E-state index contributed by atoms with van der Waals surface area (Å²) in [6.07, 6.45) is 5.06. The van der Waals surface area contributed by atoms with Crippen molar-refractivity contribution in [1.29, 1.82) is 0 Å². The van der Waals surface area contributed by atoms with E-state index in [1.807, 2.05) is 19.1 Å². The fraction of sp³-hybridized carbons (Fsp3) is 0.222. The number of rotatable bonds is 4. The van der Waals surface area contributed by atoms with E-state index < -0.39 is 0 Å². The van der Waals surface area contributed by atoms with Crippen LogP contribution in [0.5, 0.6) is 0 Å². The second kappa shape index (κ2) is 5.47. The first-order valence-electron chi connectivity index (χ1n) is 3.38. The van der Waals surface area contributed by atoms with Crippen molar-refractivity contribution in [3.8, 4) is 0 Å². The molecule has 60 valence electrons. The van der Waals surface area contributed by atoms with E-state index >= 15 is 0 Å². The molecule has 2 nitrogen and oxygen atoms in total. The highest BCUT2D eigenvalue weighted by molar-refractivity contribution is 5.51. The molecule has 0 bridgehead atoms. The molecule has 11 heavy (non-hydrogen) atoms. The highest BCUT2D eigenvalue weighted by Crippen LogP contribution is 1.96. The van der Waals surface area contributed by atoms with E-state index in [2.05, 4.69) is 18.2 Å². The summed E-state index contributed by atoms with van der Waals surface area (Å²) >= 11 is 0. The highest BCUT2D eigenvalue weighted by atomic mass is 14.8. The van der Waals surface area contributed by atoms with Crippen LogP contribution in [0.3, 0.4) is 0 Å². The summed E-state index contributed by atoms with van der Waals surface area (Å²) in [6, 6.07) is 0. The summed E-state index contributed by atoms with van der Waals surface area (Å²) in [6.45, 7) is 9.97. The molecule has 0 amide bonds. The molecule has 0 radical (unpaired) electrons. The Hall–Kier alpha value is -1.31. The van der Waals surface area contributed by atoms with E-state index in [4.69, 9.17) is 5.73 Å². The summed E-state index contributed by atoms with van der Waals surface area (Å²) in [7, 11) is 0. The van der Waals surface area contributed by atoms with Gasteiger partial charge in [-0.15, -0.1) is 0 Å². The minimum absolute atomic E-state index is 0.556. The molecule has 0 saturated carbocycles. The van der Waals surface area contributed by atoms with Crippen LogP contribution in [0.1, 0.15) is 6.92 Å². The fourth-order valence-electron chi connectivity index (χ4n) is 0.483. The summed E-state index contributed by atoms with van der Waals surface area (Å²) in [5.74, 6) is 0. The lowest BCUT2D eigenvalue weighted by molar-refractivity contribution is 1.19. The molecule has 0 saturated heterocycles. The molecule has 0 atom stereocenters. The van der Waals surface area contributed by atoms with Crippen molar-refractivity contribution in [2.75, 3.05) is 6.54 Å². The predicted octanol–water partition coefficient (Wildman–Crippen LogP) is 1.66. The molecular weight excluding hydrogens is 136 g/mol. The third-order valence-electron chi connectivity index (χ3n) is 1.00. The van der Waals surface area contributed by atoms with Gasteiger partial charge in [-0.2, -0.15) is 0 Å². The van der Waals surface area contributed by atoms with Crippen molar-refractivity contribution < 1.29 is 0 Å². The lowest BCUT2D eigenvalue weighted by Crippen LogP contribution is -1.91. The lowest BCUT2D eigenvalue weighted by Gasteiger charge is -1.91. The van der Waals surface area contributed by atoms with Crippen LogP contribution >= 0.6 is 0 Å². The molecule has 0 fully saturated rings. The third-order valence-corrected chi connectivity index (χ3v) is 1.00. The topological polar surface area (TPSA) is 38.4 Å². The largest absolute Gasteiger partial charge is 0.390 e. The van der Waals surface area contributed by atoms with E-state index in [1.165, 1.54) is 6.34 Å². The van der Waals surface area contributed by atoms with Crippen LogP contribution in [0.25, 0.3) is 0 Å². The zero-order chi connectivity index (χ0) is 8.69. The average molecular weight is 150 g/mol. The Balaban J connectivity index is 3.78. The molecule has 0 spiro atoms. The van der Waals surface area contributed by atoms with Crippen LogP contribution in [0, 0.1) is 0 Å². The second-order valence-electron chi connectivity index (χ2n) is 2.33. The predicted molar refractivity (Wildman–Crippen MR) is 50.6 cm³/mol. The van der Waals surface area contributed by atoms with Crippen LogP contribution in [-0.2, 0) is 0 Å². The molecular formula is C9H14N2. The molecule has 0 heterocycles. The van der Waals surface area contributed by atoms with E-state index in [0.717, 1.165) is 11.1 Å². The van der Waals surface area contributed by atoms with Crippen LogP contribution < -0.4 is 5.73 Å². The van der Waals surface area contributed by atoms with Gasteiger partial charge in [0.05, 0.1) is 12.9 Å². The van der Waals surface area contributed by atoms with Gasteiger partial charge >= 0.3 is 0 Å². The Labute approximate surface area is 67.8 Å². The number of hydrogen-bond acceptors (Lipinski definition) is 1. The fourth-order valence-corrected chi connectivity index (χ4v) is 0.483. The van der Waals surface area contributed by atoms with E-state index in [-0.39, 0.29) is 0 Å². The first-order chi connectivity index (χ1) is 5.16. The van der Waals surface area contributed by atoms with Crippen molar-refractivity contribution >= 4 is 6.34 Å².